The van der Waals surface area contributed by atoms with E-state index in [1.165, 1.54) is 0 Å². The molecule has 0 radical (unpaired) electrons. The molecular weight excluding hydrogens is 315 g/mol. The molecule has 2 saturated heterocycles. The van der Waals surface area contributed by atoms with E-state index in [4.69, 9.17) is 23.4 Å². The summed E-state index contributed by atoms with van der Waals surface area (Å²) < 4.78 is 32.8. The topological polar surface area (TPSA) is 173 Å². The van der Waals surface area contributed by atoms with Crippen molar-refractivity contribution in [2.45, 2.75) is 24.9 Å². The molecule has 0 saturated carbocycles. The second kappa shape index (κ2) is 8.60. The first kappa shape index (κ1) is 20.2. The Morgan fingerprint density at radius 3 is 2.57 bits per heavy atom. The van der Waals surface area contributed by atoms with Crippen molar-refractivity contribution in [2.24, 2.45) is 21.2 Å². The van der Waals surface area contributed by atoms with Crippen molar-refractivity contribution in [1.82, 2.24) is 10.2 Å². The number of amides is 2. The molecule has 0 aliphatic carbocycles. The first-order valence-electron chi connectivity index (χ1n) is 5.59. The van der Waals surface area contributed by atoms with Gasteiger partial charge in [0.25, 0.3) is 0 Å². The van der Waals surface area contributed by atoms with E-state index in [2.05, 4.69) is 20.6 Å². The van der Waals surface area contributed by atoms with Crippen LogP contribution in [-0.4, -0.2) is 60.0 Å². The van der Waals surface area contributed by atoms with Crippen molar-refractivity contribution in [3.05, 3.63) is 0 Å². The SMILES string of the molecule is CN=C(N=NN)[C@@H]1CC[C@@H]2CN1C(=O)N2.O=S(=O)([O-])O.[Na+]. The average Bonchev–Trinajstić information content (AvgIpc) is 2.61. The molecular formula is C8H15N6NaO5S. The molecule has 13 heteroatoms. The number of carbonyl (C=O) groups is 1. The van der Waals surface area contributed by atoms with Crippen LogP contribution in [0.15, 0.2) is 15.3 Å². The van der Waals surface area contributed by atoms with Crippen LogP contribution in [0.2, 0.25) is 0 Å². The van der Waals surface area contributed by atoms with Crippen molar-refractivity contribution < 1.29 is 51.9 Å². The van der Waals surface area contributed by atoms with Crippen LogP contribution in [0.4, 0.5) is 4.79 Å². The Morgan fingerprint density at radius 1 is 1.52 bits per heavy atom. The number of amidine groups is 1. The summed E-state index contributed by atoms with van der Waals surface area (Å²) in [6.45, 7) is 0.725. The number of aliphatic imine (C=N–C) groups is 1. The van der Waals surface area contributed by atoms with E-state index in [0.29, 0.717) is 5.84 Å². The summed E-state index contributed by atoms with van der Waals surface area (Å²) in [6.07, 6.45) is 1.81. The summed E-state index contributed by atoms with van der Waals surface area (Å²) in [7, 11) is -3.29. The molecule has 21 heavy (non-hydrogen) atoms. The van der Waals surface area contributed by atoms with Crippen LogP contribution in [0.5, 0.6) is 0 Å². The molecule has 0 aromatic heterocycles. The van der Waals surface area contributed by atoms with Crippen molar-refractivity contribution in [2.75, 3.05) is 13.6 Å². The standard InChI is InChI=1S/C8H14N6O.Na.H2O4S/c1-10-7(12-13-9)6-3-2-5-4-14(6)8(15)11-5;;1-5(2,3)4/h5-6H,2-4H2,1H3,(H,11,15)(H2,9,10,12);;(H2,1,2,3,4)/q;+1;/p-1/t5-,6+;;/m1../s1. The molecule has 0 unspecified atom stereocenters. The van der Waals surface area contributed by atoms with Gasteiger partial charge in [0.1, 0.15) is 0 Å². The molecule has 2 aliphatic heterocycles. The molecule has 4 N–H and O–H groups in total. The van der Waals surface area contributed by atoms with Crippen LogP contribution < -0.4 is 40.7 Å². The predicted octanol–water partition coefficient (Wildman–Crippen LogP) is -4.09. The summed E-state index contributed by atoms with van der Waals surface area (Å²) in [5, 5.41) is 9.87. The zero-order valence-corrected chi connectivity index (χ0v) is 14.4. The zero-order valence-electron chi connectivity index (χ0n) is 11.6. The quantitative estimate of drug-likeness (QED) is 0.0644. The molecule has 0 aromatic carbocycles. The third kappa shape index (κ3) is 6.67. The van der Waals surface area contributed by atoms with E-state index in [1.807, 2.05) is 0 Å². The summed E-state index contributed by atoms with van der Waals surface area (Å²) in [6, 6.07) is 0.151. The van der Waals surface area contributed by atoms with Gasteiger partial charge in [0, 0.05) is 19.6 Å². The first-order chi connectivity index (χ1) is 9.26. The molecule has 2 atom stereocenters. The van der Waals surface area contributed by atoms with Gasteiger partial charge in [0.05, 0.1) is 6.04 Å². The zero-order chi connectivity index (χ0) is 15.3. The second-order valence-corrected chi connectivity index (χ2v) is 4.97. The Labute approximate surface area is 143 Å². The van der Waals surface area contributed by atoms with Crippen LogP contribution in [0.1, 0.15) is 12.8 Å². The number of piperidine rings is 1. The molecule has 2 aliphatic rings. The van der Waals surface area contributed by atoms with E-state index < -0.39 is 10.4 Å². The van der Waals surface area contributed by atoms with Gasteiger partial charge >= 0.3 is 35.6 Å². The Kier molecular flexibility index (Phi) is 8.28. The van der Waals surface area contributed by atoms with Gasteiger partial charge in [-0.25, -0.2) is 13.2 Å². The Hall–Kier alpha value is -0.790. The number of nitrogens with zero attached hydrogens (tertiary/aromatic N) is 4. The maximum atomic E-state index is 11.5. The molecule has 114 valence electrons. The molecule has 2 amide bonds. The fourth-order valence-corrected chi connectivity index (χ4v) is 2.16. The van der Waals surface area contributed by atoms with E-state index in [-0.39, 0.29) is 47.7 Å². The van der Waals surface area contributed by atoms with Gasteiger partial charge in [-0.15, -0.1) is 5.11 Å². The average molecular weight is 330 g/mol. The largest absolute Gasteiger partial charge is 1.00 e. The number of rotatable bonds is 1. The van der Waals surface area contributed by atoms with E-state index in [1.54, 1.807) is 11.9 Å². The molecule has 0 spiro atoms. The smallest absolute Gasteiger partial charge is 0.726 e. The maximum Gasteiger partial charge on any atom is 1.00 e. The summed E-state index contributed by atoms with van der Waals surface area (Å²) in [4.78, 5) is 17.3. The minimum Gasteiger partial charge on any atom is -0.726 e. The van der Waals surface area contributed by atoms with Crippen LogP contribution in [0.3, 0.4) is 0 Å². The normalized spacial score (nSPS) is 25.0. The second-order valence-electron chi connectivity index (χ2n) is 4.12. The van der Waals surface area contributed by atoms with Gasteiger partial charge in [0.2, 0.25) is 10.4 Å². The number of hydrogen-bond donors (Lipinski definition) is 3. The summed E-state index contributed by atoms with van der Waals surface area (Å²) >= 11 is 0. The maximum absolute atomic E-state index is 11.5. The molecule has 2 heterocycles. The molecule has 0 aromatic rings. The van der Waals surface area contributed by atoms with Crippen molar-refractivity contribution >= 4 is 22.3 Å². The number of carbonyl (C=O) groups excluding carboxylic acids is 1. The number of hydrogen-bond acceptors (Lipinski definition) is 6. The molecule has 2 bridgehead atoms. The molecule has 2 rings (SSSR count). The van der Waals surface area contributed by atoms with Crippen molar-refractivity contribution in [1.29, 1.82) is 0 Å². The number of nitrogens with two attached hydrogens (primary N) is 1. The third-order valence-electron chi connectivity index (χ3n) is 2.86. The monoisotopic (exact) mass is 330 g/mol. The summed E-state index contributed by atoms with van der Waals surface area (Å²) in [5.74, 6) is 5.52. The van der Waals surface area contributed by atoms with Gasteiger partial charge in [-0.3, -0.25) is 9.55 Å². The number of urea groups is 1. The summed E-state index contributed by atoms with van der Waals surface area (Å²) in [5.41, 5.74) is 0. The van der Waals surface area contributed by atoms with E-state index in [0.717, 1.165) is 19.4 Å². The molecule has 11 nitrogen and oxygen atoms in total. The fraction of sp³-hybridized carbons (Fsp3) is 0.750. The number of fused-ring (bicyclic) bond motifs is 2. The third-order valence-corrected chi connectivity index (χ3v) is 2.86. The van der Waals surface area contributed by atoms with Gasteiger partial charge in [-0.2, -0.15) is 0 Å². The van der Waals surface area contributed by atoms with Crippen LogP contribution in [0, 0.1) is 0 Å². The van der Waals surface area contributed by atoms with Gasteiger partial charge in [0.15, 0.2) is 5.84 Å². The van der Waals surface area contributed by atoms with Gasteiger partial charge < -0.3 is 20.6 Å². The van der Waals surface area contributed by atoms with Crippen molar-refractivity contribution in [3.8, 4) is 0 Å². The predicted molar refractivity (Wildman–Crippen MR) is 66.8 cm³/mol. The van der Waals surface area contributed by atoms with Crippen LogP contribution in [-0.2, 0) is 10.4 Å². The van der Waals surface area contributed by atoms with Gasteiger partial charge in [-0.1, -0.05) is 5.22 Å². The fourth-order valence-electron chi connectivity index (χ4n) is 2.16. The number of nitrogens with one attached hydrogen (secondary N) is 1. The van der Waals surface area contributed by atoms with Crippen LogP contribution >= 0.6 is 0 Å². The van der Waals surface area contributed by atoms with Crippen LogP contribution in [0.25, 0.3) is 0 Å². The van der Waals surface area contributed by atoms with E-state index >= 15 is 0 Å². The molecule has 2 fully saturated rings. The first-order valence-corrected chi connectivity index (χ1v) is 6.95. The Bertz CT molecular complexity index is 515. The minimum absolute atomic E-state index is 0. The van der Waals surface area contributed by atoms with Crippen molar-refractivity contribution in [3.63, 3.8) is 0 Å². The van der Waals surface area contributed by atoms with E-state index in [9.17, 15) is 4.79 Å². The minimum atomic E-state index is -4.92. The van der Waals surface area contributed by atoms with Gasteiger partial charge in [-0.05, 0) is 12.8 Å². The Balaban J connectivity index is 0.000000583. The Morgan fingerprint density at radius 2 is 2.10 bits per heavy atom.